The minimum Gasteiger partial charge on any atom is -0.462 e. The predicted molar refractivity (Wildman–Crippen MR) is 60.0 cm³/mol. The van der Waals surface area contributed by atoms with Crippen LogP contribution in [0.1, 0.15) is 28.4 Å². The lowest BCUT2D eigenvalue weighted by molar-refractivity contribution is -0.137. The normalized spacial score (nSPS) is 11.4. The van der Waals surface area contributed by atoms with Gasteiger partial charge in [0.25, 0.3) is 0 Å². The third-order valence-electron chi connectivity index (χ3n) is 2.07. The molecule has 94 valence electrons. The van der Waals surface area contributed by atoms with Crippen LogP contribution >= 0.6 is 15.9 Å². The van der Waals surface area contributed by atoms with Crippen molar-refractivity contribution in [3.63, 3.8) is 0 Å². The molecule has 0 heterocycles. The molecule has 0 fully saturated rings. The summed E-state index contributed by atoms with van der Waals surface area (Å²) in [5, 5.41) is 0.158. The second-order valence-corrected chi connectivity index (χ2v) is 3.78. The van der Waals surface area contributed by atoms with Crippen LogP contribution < -0.4 is 0 Å². The van der Waals surface area contributed by atoms with Crippen LogP contribution in [0.25, 0.3) is 0 Å². The van der Waals surface area contributed by atoms with Gasteiger partial charge in [-0.05, 0) is 30.7 Å². The number of esters is 1. The van der Waals surface area contributed by atoms with Crippen LogP contribution in [0.5, 0.6) is 0 Å². The maximum Gasteiger partial charge on any atom is 0.416 e. The molecule has 0 atom stereocenters. The molecule has 0 aliphatic rings. The van der Waals surface area contributed by atoms with E-state index in [1.165, 1.54) is 0 Å². The predicted octanol–water partition coefficient (Wildman–Crippen LogP) is 3.78. The number of hydrogen-bond acceptors (Lipinski definition) is 2. The van der Waals surface area contributed by atoms with Crippen molar-refractivity contribution in [2.45, 2.75) is 18.4 Å². The number of halogens is 4. The lowest BCUT2D eigenvalue weighted by Crippen LogP contribution is -2.11. The van der Waals surface area contributed by atoms with Crippen LogP contribution in [0.3, 0.4) is 0 Å². The highest BCUT2D eigenvalue weighted by atomic mass is 79.9. The third kappa shape index (κ3) is 3.46. The van der Waals surface area contributed by atoms with Gasteiger partial charge in [0.05, 0.1) is 17.7 Å². The Bertz CT molecular complexity index is 416. The van der Waals surface area contributed by atoms with Gasteiger partial charge in [-0.25, -0.2) is 4.79 Å². The quantitative estimate of drug-likeness (QED) is 0.627. The van der Waals surface area contributed by atoms with Gasteiger partial charge >= 0.3 is 12.1 Å². The van der Waals surface area contributed by atoms with Crippen LogP contribution in [0.4, 0.5) is 13.2 Å². The number of rotatable bonds is 3. The molecule has 0 saturated heterocycles. The van der Waals surface area contributed by atoms with Crippen LogP contribution in [-0.4, -0.2) is 12.6 Å². The van der Waals surface area contributed by atoms with Gasteiger partial charge in [0.2, 0.25) is 0 Å². The molecule has 2 nitrogen and oxygen atoms in total. The Kier molecular flexibility index (Phi) is 4.56. The van der Waals surface area contributed by atoms with Crippen LogP contribution in [0.15, 0.2) is 18.2 Å². The van der Waals surface area contributed by atoms with E-state index in [4.69, 9.17) is 4.74 Å². The Morgan fingerprint density at radius 3 is 2.53 bits per heavy atom. The van der Waals surface area contributed by atoms with E-state index < -0.39 is 17.7 Å². The van der Waals surface area contributed by atoms with Crippen molar-refractivity contribution >= 4 is 21.9 Å². The average molecular weight is 311 g/mol. The molecule has 6 heteroatoms. The van der Waals surface area contributed by atoms with Gasteiger partial charge in [0.1, 0.15) is 0 Å². The summed E-state index contributed by atoms with van der Waals surface area (Å²) in [6, 6.07) is 2.96. The third-order valence-corrected chi connectivity index (χ3v) is 2.68. The summed E-state index contributed by atoms with van der Waals surface area (Å²) in [6.07, 6.45) is -4.41. The minimum absolute atomic E-state index is 0.150. The van der Waals surface area contributed by atoms with Crippen LogP contribution in [0.2, 0.25) is 0 Å². The number of alkyl halides is 4. The number of carbonyl (C=O) groups is 1. The first-order chi connectivity index (χ1) is 7.90. The number of hydrogen-bond donors (Lipinski definition) is 0. The summed E-state index contributed by atoms with van der Waals surface area (Å²) in [5.74, 6) is -0.615. The van der Waals surface area contributed by atoms with E-state index in [0.29, 0.717) is 0 Å². The highest BCUT2D eigenvalue weighted by Crippen LogP contribution is 2.31. The first kappa shape index (κ1) is 14.0. The molecule has 0 N–H and O–H groups in total. The Balaban J connectivity index is 3.14. The van der Waals surface area contributed by atoms with Crippen molar-refractivity contribution in [1.82, 2.24) is 0 Å². The monoisotopic (exact) mass is 310 g/mol. The van der Waals surface area contributed by atoms with Crippen molar-refractivity contribution in [3.05, 3.63) is 34.9 Å². The smallest absolute Gasteiger partial charge is 0.416 e. The molecule has 0 aromatic heterocycles. The highest BCUT2D eigenvalue weighted by Gasteiger charge is 2.31. The molecule has 1 aromatic carbocycles. The molecule has 0 radical (unpaired) electrons. The zero-order chi connectivity index (χ0) is 13.1. The summed E-state index contributed by atoms with van der Waals surface area (Å²) in [6.45, 7) is 1.82. The molecule has 0 amide bonds. The van der Waals surface area contributed by atoms with Gasteiger partial charge in [-0.3, -0.25) is 0 Å². The Labute approximate surface area is 105 Å². The maximum atomic E-state index is 12.5. The molecule has 1 aromatic rings. The van der Waals surface area contributed by atoms with Crippen LogP contribution in [-0.2, 0) is 16.2 Å². The van der Waals surface area contributed by atoms with E-state index in [2.05, 4.69) is 15.9 Å². The Morgan fingerprint density at radius 2 is 2.06 bits per heavy atom. The van der Waals surface area contributed by atoms with Gasteiger partial charge in [-0.15, -0.1) is 0 Å². The number of carbonyl (C=O) groups excluding carboxylic acids is 1. The lowest BCUT2D eigenvalue weighted by Gasteiger charge is -2.11. The summed E-state index contributed by atoms with van der Waals surface area (Å²) < 4.78 is 42.1. The molecule has 0 bridgehead atoms. The fourth-order valence-corrected chi connectivity index (χ4v) is 1.75. The zero-order valence-corrected chi connectivity index (χ0v) is 10.6. The molecule has 1 rings (SSSR count). The molecule has 0 saturated carbocycles. The van der Waals surface area contributed by atoms with E-state index >= 15 is 0 Å². The van der Waals surface area contributed by atoms with Gasteiger partial charge in [0.15, 0.2) is 0 Å². The summed E-state index contributed by atoms with van der Waals surface area (Å²) in [7, 11) is 0. The molecule has 0 aliphatic heterocycles. The lowest BCUT2D eigenvalue weighted by atomic mass is 10.0. The van der Waals surface area contributed by atoms with Crippen LogP contribution in [0, 0.1) is 0 Å². The largest absolute Gasteiger partial charge is 0.462 e. The molecule has 0 aliphatic carbocycles. The average Bonchev–Trinajstić information content (AvgIpc) is 2.27. The topological polar surface area (TPSA) is 26.3 Å². The fourth-order valence-electron chi connectivity index (χ4n) is 1.29. The van der Waals surface area contributed by atoms with E-state index in [1.54, 1.807) is 6.92 Å². The van der Waals surface area contributed by atoms with E-state index in [1.807, 2.05) is 0 Å². The molecule has 17 heavy (non-hydrogen) atoms. The van der Waals surface area contributed by atoms with Gasteiger partial charge in [-0.2, -0.15) is 13.2 Å². The second-order valence-electron chi connectivity index (χ2n) is 3.22. The standard InChI is InChI=1S/C11H10BrF3O2/c1-2-17-10(16)9-4-3-8(11(13,14)15)5-7(9)6-12/h3-5H,2,6H2,1H3. The van der Waals surface area contributed by atoms with Gasteiger partial charge < -0.3 is 4.74 Å². The minimum atomic E-state index is -4.41. The van der Waals surface area contributed by atoms with Crippen molar-refractivity contribution in [2.24, 2.45) is 0 Å². The molecular formula is C11H10BrF3O2. The first-order valence-electron chi connectivity index (χ1n) is 4.83. The van der Waals surface area contributed by atoms with Gasteiger partial charge in [-0.1, -0.05) is 15.9 Å². The van der Waals surface area contributed by atoms with E-state index in [0.717, 1.165) is 18.2 Å². The van der Waals surface area contributed by atoms with E-state index in [9.17, 15) is 18.0 Å². The van der Waals surface area contributed by atoms with Crippen molar-refractivity contribution in [2.75, 3.05) is 6.61 Å². The molecule has 0 unspecified atom stereocenters. The van der Waals surface area contributed by atoms with Crippen molar-refractivity contribution in [1.29, 1.82) is 0 Å². The number of ether oxygens (including phenoxy) is 1. The zero-order valence-electron chi connectivity index (χ0n) is 8.97. The molecular weight excluding hydrogens is 301 g/mol. The fraction of sp³-hybridized carbons (Fsp3) is 0.364. The van der Waals surface area contributed by atoms with Crippen molar-refractivity contribution < 1.29 is 22.7 Å². The summed E-state index contributed by atoms with van der Waals surface area (Å²) in [5.41, 5.74) is -0.366. The highest BCUT2D eigenvalue weighted by molar-refractivity contribution is 9.08. The van der Waals surface area contributed by atoms with Gasteiger partial charge in [0, 0.05) is 5.33 Å². The molecule has 0 spiro atoms. The van der Waals surface area contributed by atoms with Crippen molar-refractivity contribution in [3.8, 4) is 0 Å². The summed E-state index contributed by atoms with van der Waals surface area (Å²) >= 11 is 3.05. The first-order valence-corrected chi connectivity index (χ1v) is 5.95. The van der Waals surface area contributed by atoms with E-state index in [-0.39, 0.29) is 23.1 Å². The number of benzene rings is 1. The Morgan fingerprint density at radius 1 is 1.41 bits per heavy atom. The second kappa shape index (κ2) is 5.53. The SMILES string of the molecule is CCOC(=O)c1ccc(C(F)(F)F)cc1CBr. The maximum absolute atomic E-state index is 12.5. The Hall–Kier alpha value is -1.04. The summed E-state index contributed by atoms with van der Waals surface area (Å²) in [4.78, 5) is 11.5.